The lowest BCUT2D eigenvalue weighted by atomic mass is 9.85. The second kappa shape index (κ2) is 4.45. The van der Waals surface area contributed by atoms with E-state index in [0.717, 1.165) is 5.56 Å². The maximum Gasteiger partial charge on any atom is 0.309 e. The molecule has 0 aromatic heterocycles. The summed E-state index contributed by atoms with van der Waals surface area (Å²) in [5, 5.41) is 18.8. The molecule has 1 unspecified atom stereocenters. The molecule has 1 atom stereocenters. The molecule has 1 aromatic rings. The molecule has 0 amide bonds. The van der Waals surface area contributed by atoms with Crippen molar-refractivity contribution in [3.63, 3.8) is 0 Å². The molecule has 1 aromatic carbocycles. The number of aliphatic hydroxyl groups excluding tert-OH is 1. The molecule has 0 aliphatic heterocycles. The number of aliphatic hydroxyl groups is 1. The molecule has 0 heterocycles. The smallest absolute Gasteiger partial charge is 0.309 e. The third-order valence-corrected chi connectivity index (χ3v) is 2.47. The molecule has 3 nitrogen and oxygen atoms in total. The highest BCUT2D eigenvalue weighted by molar-refractivity contribution is 5.73. The number of hydrogen-bond donors (Lipinski definition) is 2. The first-order chi connectivity index (χ1) is 6.93. The summed E-state index contributed by atoms with van der Waals surface area (Å²) in [5.74, 6) is -0.891. The van der Waals surface area contributed by atoms with Gasteiger partial charge in [0.2, 0.25) is 0 Å². The third-order valence-electron chi connectivity index (χ3n) is 2.47. The average Bonchev–Trinajstić information content (AvgIpc) is 2.18. The predicted octanol–water partition coefficient (Wildman–Crippen LogP) is 2.22. The zero-order chi connectivity index (χ0) is 11.5. The molecule has 2 N–H and O–H groups in total. The van der Waals surface area contributed by atoms with Gasteiger partial charge in [0.15, 0.2) is 0 Å². The highest BCUT2D eigenvalue weighted by Crippen LogP contribution is 2.29. The van der Waals surface area contributed by atoms with Crippen LogP contribution in [0.15, 0.2) is 30.3 Å². The number of aliphatic carboxylic acids is 1. The topological polar surface area (TPSA) is 57.5 Å². The van der Waals surface area contributed by atoms with Gasteiger partial charge in [-0.25, -0.2) is 0 Å². The molecule has 0 aliphatic rings. The summed E-state index contributed by atoms with van der Waals surface area (Å²) in [7, 11) is 0. The average molecular weight is 208 g/mol. The SMILES string of the molecule is CC(C)(CC(O)c1ccccc1)C(=O)O. The second-order valence-corrected chi connectivity index (χ2v) is 4.32. The monoisotopic (exact) mass is 208 g/mol. The second-order valence-electron chi connectivity index (χ2n) is 4.32. The van der Waals surface area contributed by atoms with E-state index in [1.54, 1.807) is 26.0 Å². The first-order valence-corrected chi connectivity index (χ1v) is 4.90. The minimum Gasteiger partial charge on any atom is -0.481 e. The highest BCUT2D eigenvalue weighted by atomic mass is 16.4. The molecule has 0 fully saturated rings. The van der Waals surface area contributed by atoms with Crippen LogP contribution in [0.3, 0.4) is 0 Å². The zero-order valence-corrected chi connectivity index (χ0v) is 8.97. The Labute approximate surface area is 89.4 Å². The highest BCUT2D eigenvalue weighted by Gasteiger charge is 2.30. The predicted molar refractivity (Wildman–Crippen MR) is 57.4 cm³/mol. The summed E-state index contributed by atoms with van der Waals surface area (Å²) in [6, 6.07) is 9.10. The fraction of sp³-hybridized carbons (Fsp3) is 0.417. The van der Waals surface area contributed by atoms with E-state index in [4.69, 9.17) is 5.11 Å². The molecule has 0 radical (unpaired) electrons. The fourth-order valence-electron chi connectivity index (χ4n) is 1.36. The van der Waals surface area contributed by atoms with Crippen molar-refractivity contribution in [2.75, 3.05) is 0 Å². The van der Waals surface area contributed by atoms with Gasteiger partial charge in [-0.1, -0.05) is 30.3 Å². The summed E-state index contributed by atoms with van der Waals surface area (Å²) in [6.45, 7) is 3.23. The summed E-state index contributed by atoms with van der Waals surface area (Å²) < 4.78 is 0. The van der Waals surface area contributed by atoms with Gasteiger partial charge in [-0.05, 0) is 25.8 Å². The van der Waals surface area contributed by atoms with Crippen molar-refractivity contribution in [3.8, 4) is 0 Å². The number of hydrogen-bond acceptors (Lipinski definition) is 2. The maximum absolute atomic E-state index is 10.9. The van der Waals surface area contributed by atoms with Crippen molar-refractivity contribution in [1.82, 2.24) is 0 Å². The minimum absolute atomic E-state index is 0.215. The molecule has 0 aliphatic carbocycles. The van der Waals surface area contributed by atoms with Gasteiger partial charge >= 0.3 is 5.97 Å². The van der Waals surface area contributed by atoms with Gasteiger partial charge < -0.3 is 10.2 Å². The van der Waals surface area contributed by atoms with Crippen molar-refractivity contribution in [2.24, 2.45) is 5.41 Å². The van der Waals surface area contributed by atoms with Crippen LogP contribution in [0.4, 0.5) is 0 Å². The van der Waals surface area contributed by atoms with Crippen LogP contribution >= 0.6 is 0 Å². The van der Waals surface area contributed by atoms with Gasteiger partial charge in [-0.3, -0.25) is 4.79 Å². The van der Waals surface area contributed by atoms with E-state index in [-0.39, 0.29) is 6.42 Å². The van der Waals surface area contributed by atoms with E-state index in [1.165, 1.54) is 0 Å². The Hall–Kier alpha value is -1.35. The molecular formula is C12H16O3. The largest absolute Gasteiger partial charge is 0.481 e. The fourth-order valence-corrected chi connectivity index (χ4v) is 1.36. The van der Waals surface area contributed by atoms with Crippen molar-refractivity contribution >= 4 is 5.97 Å². The van der Waals surface area contributed by atoms with Crippen LogP contribution in [-0.2, 0) is 4.79 Å². The van der Waals surface area contributed by atoms with Gasteiger partial charge in [0.1, 0.15) is 0 Å². The van der Waals surface area contributed by atoms with Crippen LogP contribution in [-0.4, -0.2) is 16.2 Å². The first-order valence-electron chi connectivity index (χ1n) is 4.90. The molecule has 0 spiro atoms. The van der Waals surface area contributed by atoms with Crippen molar-refractivity contribution in [2.45, 2.75) is 26.4 Å². The Bertz CT molecular complexity index is 330. The van der Waals surface area contributed by atoms with E-state index in [9.17, 15) is 9.90 Å². The maximum atomic E-state index is 10.9. The summed E-state index contributed by atoms with van der Waals surface area (Å²) in [4.78, 5) is 10.9. The van der Waals surface area contributed by atoms with E-state index in [1.807, 2.05) is 18.2 Å². The number of benzene rings is 1. The molecular weight excluding hydrogens is 192 g/mol. The Morgan fingerprint density at radius 3 is 2.33 bits per heavy atom. The summed E-state index contributed by atoms with van der Waals surface area (Å²) in [5.41, 5.74) is -0.151. The molecule has 1 rings (SSSR count). The van der Waals surface area contributed by atoms with E-state index in [0.29, 0.717) is 0 Å². The Morgan fingerprint density at radius 1 is 1.33 bits per heavy atom. The van der Waals surface area contributed by atoms with Crippen LogP contribution in [0, 0.1) is 5.41 Å². The lowest BCUT2D eigenvalue weighted by Crippen LogP contribution is -2.26. The molecule has 15 heavy (non-hydrogen) atoms. The Morgan fingerprint density at radius 2 is 1.87 bits per heavy atom. The lowest BCUT2D eigenvalue weighted by Gasteiger charge is -2.22. The summed E-state index contributed by atoms with van der Waals surface area (Å²) >= 11 is 0. The quantitative estimate of drug-likeness (QED) is 0.797. The zero-order valence-electron chi connectivity index (χ0n) is 8.97. The molecule has 0 saturated carbocycles. The van der Waals surface area contributed by atoms with E-state index >= 15 is 0 Å². The van der Waals surface area contributed by atoms with E-state index < -0.39 is 17.5 Å². The van der Waals surface area contributed by atoms with Crippen LogP contribution < -0.4 is 0 Å². The molecule has 82 valence electrons. The van der Waals surface area contributed by atoms with Gasteiger partial charge in [0.25, 0.3) is 0 Å². The lowest BCUT2D eigenvalue weighted by molar-refractivity contribution is -0.148. The molecule has 0 bridgehead atoms. The van der Waals surface area contributed by atoms with Gasteiger partial charge in [-0.2, -0.15) is 0 Å². The van der Waals surface area contributed by atoms with E-state index in [2.05, 4.69) is 0 Å². The Balaban J connectivity index is 2.72. The third kappa shape index (κ3) is 3.06. The number of rotatable bonds is 4. The normalized spacial score (nSPS) is 13.5. The van der Waals surface area contributed by atoms with Crippen molar-refractivity contribution in [3.05, 3.63) is 35.9 Å². The van der Waals surface area contributed by atoms with Crippen molar-refractivity contribution in [1.29, 1.82) is 0 Å². The van der Waals surface area contributed by atoms with Crippen LogP contribution in [0.5, 0.6) is 0 Å². The van der Waals surface area contributed by atoms with Gasteiger partial charge in [0, 0.05) is 0 Å². The molecule has 0 saturated heterocycles. The standard InChI is InChI=1S/C12H16O3/c1-12(2,11(14)15)8-10(13)9-6-4-3-5-7-9/h3-7,10,13H,8H2,1-2H3,(H,14,15). The van der Waals surface area contributed by atoms with Crippen LogP contribution in [0.1, 0.15) is 31.9 Å². The first kappa shape index (κ1) is 11.7. The van der Waals surface area contributed by atoms with Gasteiger partial charge in [0.05, 0.1) is 11.5 Å². The number of carboxylic acid groups (broad SMARTS) is 1. The minimum atomic E-state index is -0.907. The number of carboxylic acids is 1. The number of carbonyl (C=O) groups is 1. The van der Waals surface area contributed by atoms with Crippen LogP contribution in [0.25, 0.3) is 0 Å². The van der Waals surface area contributed by atoms with Gasteiger partial charge in [-0.15, -0.1) is 0 Å². The molecule has 3 heteroatoms. The van der Waals surface area contributed by atoms with Crippen LogP contribution in [0.2, 0.25) is 0 Å². The summed E-state index contributed by atoms with van der Waals surface area (Å²) in [6.07, 6.45) is -0.510. The Kier molecular flexibility index (Phi) is 3.48. The van der Waals surface area contributed by atoms with Crippen molar-refractivity contribution < 1.29 is 15.0 Å².